The summed E-state index contributed by atoms with van der Waals surface area (Å²) in [6, 6.07) is 5.45. The average Bonchev–Trinajstić information content (AvgIpc) is 2.31. The third-order valence-corrected chi connectivity index (χ3v) is 4.64. The van der Waals surface area contributed by atoms with Crippen LogP contribution in [0, 0.1) is 0 Å². The van der Waals surface area contributed by atoms with Gasteiger partial charge in [-0.1, -0.05) is 13.8 Å². The summed E-state index contributed by atoms with van der Waals surface area (Å²) in [7, 11) is 0. The lowest BCUT2D eigenvalue weighted by atomic mass is 9.72. The Bertz CT molecular complexity index is 659. The van der Waals surface area contributed by atoms with Crippen LogP contribution in [-0.4, -0.2) is 10.2 Å². The lowest BCUT2D eigenvalue weighted by Gasteiger charge is -2.33. The molecule has 3 rings (SSSR count). The highest BCUT2D eigenvalue weighted by Crippen LogP contribution is 2.48. The molecule has 0 spiro atoms. The number of aromatic hydroxyl groups is 2. The Labute approximate surface area is 114 Å². The maximum Gasteiger partial charge on any atom is 0.137 e. The minimum absolute atomic E-state index is 0.0647. The van der Waals surface area contributed by atoms with Gasteiger partial charge in [-0.3, -0.25) is 0 Å². The van der Waals surface area contributed by atoms with E-state index in [0.29, 0.717) is 5.75 Å². The summed E-state index contributed by atoms with van der Waals surface area (Å²) in [5, 5.41) is 22.0. The third kappa shape index (κ3) is 1.46. The van der Waals surface area contributed by atoms with E-state index in [1.165, 1.54) is 5.56 Å². The molecule has 3 heteroatoms. The van der Waals surface area contributed by atoms with Crippen molar-refractivity contribution in [2.75, 3.05) is 0 Å². The Morgan fingerprint density at radius 3 is 2.67 bits per heavy atom. The van der Waals surface area contributed by atoms with Gasteiger partial charge >= 0.3 is 0 Å². The van der Waals surface area contributed by atoms with Crippen LogP contribution in [0.15, 0.2) is 22.7 Å². The second-order valence-corrected chi connectivity index (χ2v) is 6.48. The predicted octanol–water partition coefficient (Wildman–Crippen LogP) is 4.24. The van der Waals surface area contributed by atoms with E-state index in [1.807, 2.05) is 6.07 Å². The van der Waals surface area contributed by atoms with Crippen molar-refractivity contribution in [3.05, 3.63) is 33.8 Å². The van der Waals surface area contributed by atoms with E-state index in [9.17, 15) is 10.2 Å². The van der Waals surface area contributed by atoms with Gasteiger partial charge in [0, 0.05) is 10.9 Å². The number of hydrogen-bond acceptors (Lipinski definition) is 2. The van der Waals surface area contributed by atoms with Crippen molar-refractivity contribution in [2.45, 2.75) is 32.1 Å². The molecular weight excluding hydrogens is 292 g/mol. The van der Waals surface area contributed by atoms with Gasteiger partial charge in [0.1, 0.15) is 11.5 Å². The summed E-state index contributed by atoms with van der Waals surface area (Å²) in [5.74, 6) is 0.591. The van der Waals surface area contributed by atoms with Crippen LogP contribution in [0.25, 0.3) is 10.8 Å². The van der Waals surface area contributed by atoms with Crippen LogP contribution in [0.4, 0.5) is 0 Å². The normalized spacial score (nSPS) is 17.1. The van der Waals surface area contributed by atoms with Crippen molar-refractivity contribution >= 4 is 26.7 Å². The summed E-state index contributed by atoms with van der Waals surface area (Å²) in [4.78, 5) is 0. The van der Waals surface area contributed by atoms with Crippen LogP contribution >= 0.6 is 15.9 Å². The summed E-state index contributed by atoms with van der Waals surface area (Å²) in [6.07, 6.45) is 1.86. The Morgan fingerprint density at radius 2 is 1.94 bits per heavy atom. The first-order chi connectivity index (χ1) is 8.42. The number of halogens is 1. The molecule has 2 N–H and O–H groups in total. The van der Waals surface area contributed by atoms with Crippen LogP contribution in [0.1, 0.15) is 31.4 Å². The van der Waals surface area contributed by atoms with Crippen molar-refractivity contribution in [2.24, 2.45) is 0 Å². The number of aryl methyl sites for hydroxylation is 1. The molecule has 0 saturated carbocycles. The van der Waals surface area contributed by atoms with Crippen molar-refractivity contribution in [3.8, 4) is 11.5 Å². The maximum atomic E-state index is 10.2. The largest absolute Gasteiger partial charge is 0.508 e. The van der Waals surface area contributed by atoms with Crippen molar-refractivity contribution in [1.82, 2.24) is 0 Å². The Morgan fingerprint density at radius 1 is 1.22 bits per heavy atom. The number of hydrogen-bond donors (Lipinski definition) is 2. The van der Waals surface area contributed by atoms with Crippen LogP contribution in [0.3, 0.4) is 0 Å². The molecule has 0 atom stereocenters. The molecular formula is C15H15BrO2. The Balaban J connectivity index is 2.55. The minimum Gasteiger partial charge on any atom is -0.508 e. The van der Waals surface area contributed by atoms with Gasteiger partial charge in [0.15, 0.2) is 0 Å². The second-order valence-electron chi connectivity index (χ2n) is 5.62. The molecule has 0 unspecified atom stereocenters. The highest BCUT2D eigenvalue weighted by atomic mass is 79.9. The minimum atomic E-state index is 0.0647. The highest BCUT2D eigenvalue weighted by molar-refractivity contribution is 9.10. The number of rotatable bonds is 0. The molecule has 18 heavy (non-hydrogen) atoms. The molecule has 0 aliphatic heterocycles. The SMILES string of the molecule is CC1(C)CCc2c(O)ccc3c(O)c(Br)cc1c23. The number of phenols is 2. The maximum absolute atomic E-state index is 10.2. The van der Waals surface area contributed by atoms with Gasteiger partial charge in [-0.05, 0) is 63.3 Å². The van der Waals surface area contributed by atoms with Gasteiger partial charge < -0.3 is 10.2 Å². The molecule has 0 saturated heterocycles. The molecule has 0 fully saturated rings. The van der Waals surface area contributed by atoms with Gasteiger partial charge in [-0.15, -0.1) is 0 Å². The zero-order valence-corrected chi connectivity index (χ0v) is 12.0. The van der Waals surface area contributed by atoms with Gasteiger partial charge in [0.25, 0.3) is 0 Å². The molecule has 2 nitrogen and oxygen atoms in total. The standard InChI is InChI=1S/C15H15BrO2/c1-15(2)6-5-8-12(17)4-3-9-13(8)10(15)7-11(16)14(9)18/h3-4,7,17-18H,5-6H2,1-2H3. The molecule has 2 aromatic rings. The van der Waals surface area contributed by atoms with Crippen LogP contribution in [0.2, 0.25) is 0 Å². The molecule has 0 amide bonds. The van der Waals surface area contributed by atoms with E-state index in [1.54, 1.807) is 12.1 Å². The summed E-state index contributed by atoms with van der Waals surface area (Å²) < 4.78 is 0.719. The van der Waals surface area contributed by atoms with E-state index >= 15 is 0 Å². The molecule has 0 radical (unpaired) electrons. The Kier molecular flexibility index (Phi) is 2.39. The monoisotopic (exact) mass is 306 g/mol. The van der Waals surface area contributed by atoms with Gasteiger partial charge in [0.2, 0.25) is 0 Å². The lowest BCUT2D eigenvalue weighted by molar-refractivity contribution is 0.441. The van der Waals surface area contributed by atoms with Gasteiger partial charge in [0.05, 0.1) is 4.47 Å². The quantitative estimate of drug-likeness (QED) is 0.764. The summed E-state index contributed by atoms with van der Waals surface area (Å²) in [6.45, 7) is 4.41. The van der Waals surface area contributed by atoms with Crippen LogP contribution in [-0.2, 0) is 11.8 Å². The Hall–Kier alpha value is -1.22. The van der Waals surface area contributed by atoms with Crippen molar-refractivity contribution in [1.29, 1.82) is 0 Å². The first-order valence-electron chi connectivity index (χ1n) is 6.08. The van der Waals surface area contributed by atoms with E-state index < -0.39 is 0 Å². The van der Waals surface area contributed by atoms with Crippen molar-refractivity contribution < 1.29 is 10.2 Å². The molecule has 0 aromatic heterocycles. The van der Waals surface area contributed by atoms with Gasteiger partial charge in [-0.25, -0.2) is 0 Å². The average molecular weight is 307 g/mol. The molecule has 1 aliphatic carbocycles. The van der Waals surface area contributed by atoms with E-state index in [2.05, 4.69) is 29.8 Å². The van der Waals surface area contributed by atoms with Crippen LogP contribution < -0.4 is 0 Å². The van der Waals surface area contributed by atoms with Crippen molar-refractivity contribution in [3.63, 3.8) is 0 Å². The highest BCUT2D eigenvalue weighted by Gasteiger charge is 2.31. The lowest BCUT2D eigenvalue weighted by Crippen LogP contribution is -2.23. The van der Waals surface area contributed by atoms with E-state index in [4.69, 9.17) is 0 Å². The van der Waals surface area contributed by atoms with Gasteiger partial charge in [-0.2, -0.15) is 0 Å². The van der Waals surface area contributed by atoms with Crippen LogP contribution in [0.5, 0.6) is 11.5 Å². The first-order valence-corrected chi connectivity index (χ1v) is 6.87. The molecule has 0 bridgehead atoms. The van der Waals surface area contributed by atoms with E-state index in [0.717, 1.165) is 33.7 Å². The topological polar surface area (TPSA) is 40.5 Å². The first kappa shape index (κ1) is 11.8. The summed E-state index contributed by atoms with van der Waals surface area (Å²) in [5.41, 5.74) is 2.22. The zero-order valence-electron chi connectivity index (χ0n) is 10.4. The third-order valence-electron chi connectivity index (χ3n) is 4.04. The molecule has 1 aliphatic rings. The number of benzene rings is 2. The molecule has 2 aromatic carbocycles. The second kappa shape index (κ2) is 3.64. The van der Waals surface area contributed by atoms with E-state index in [-0.39, 0.29) is 11.2 Å². The predicted molar refractivity (Wildman–Crippen MR) is 76.3 cm³/mol. The fourth-order valence-corrected chi connectivity index (χ4v) is 3.34. The fraction of sp³-hybridized carbons (Fsp3) is 0.333. The molecule has 94 valence electrons. The fourth-order valence-electron chi connectivity index (χ4n) is 2.90. The zero-order chi connectivity index (χ0) is 13.1. The number of phenolic OH excluding ortho intramolecular Hbond substituents is 2. The summed E-state index contributed by atoms with van der Waals surface area (Å²) >= 11 is 3.41. The molecule has 0 heterocycles. The smallest absolute Gasteiger partial charge is 0.137 e.